The summed E-state index contributed by atoms with van der Waals surface area (Å²) in [5, 5.41) is 0. The molecule has 4 heteroatoms. The van der Waals surface area contributed by atoms with Crippen LogP contribution in [0.4, 0.5) is 0 Å². The van der Waals surface area contributed by atoms with Gasteiger partial charge in [-0.2, -0.15) is 0 Å². The molecule has 1 aliphatic rings. The van der Waals surface area contributed by atoms with Crippen LogP contribution in [0.15, 0.2) is 0 Å². The molecule has 0 aromatic rings. The van der Waals surface area contributed by atoms with Crippen molar-refractivity contribution in [3.05, 3.63) is 0 Å². The van der Waals surface area contributed by atoms with E-state index >= 15 is 0 Å². The molecule has 0 saturated carbocycles. The fourth-order valence-electron chi connectivity index (χ4n) is 1.21. The van der Waals surface area contributed by atoms with Crippen LogP contribution in [0.3, 0.4) is 0 Å². The minimum atomic E-state index is -1.26. The van der Waals surface area contributed by atoms with Crippen LogP contribution in [-0.4, -0.2) is 32.6 Å². The summed E-state index contributed by atoms with van der Waals surface area (Å²) in [6.07, 6.45) is -1.26. The Morgan fingerprint density at radius 2 is 1.43 bits per heavy atom. The van der Waals surface area contributed by atoms with Crippen molar-refractivity contribution in [2.24, 2.45) is 5.41 Å². The van der Waals surface area contributed by atoms with E-state index in [1.807, 2.05) is 13.8 Å². The molecule has 1 aliphatic heterocycles. The van der Waals surface area contributed by atoms with Gasteiger partial charge in [0.05, 0.1) is 26.4 Å². The molecule has 14 heavy (non-hydrogen) atoms. The number of rotatable bonds is 4. The topological polar surface area (TPSA) is 36.9 Å². The lowest BCUT2D eigenvalue weighted by Gasteiger charge is -2.41. The largest absolute Gasteiger partial charge is 0.412 e. The lowest BCUT2D eigenvalue weighted by Crippen LogP contribution is -2.51. The van der Waals surface area contributed by atoms with Gasteiger partial charge in [0.25, 0.3) is 0 Å². The highest BCUT2D eigenvalue weighted by atomic mass is 17.0. The first-order chi connectivity index (χ1) is 6.54. The normalized spacial score (nSPS) is 24.9. The highest BCUT2D eigenvalue weighted by Gasteiger charge is 2.43. The second-order valence-electron chi connectivity index (χ2n) is 4.11. The Hall–Kier alpha value is -0.160. The van der Waals surface area contributed by atoms with Gasteiger partial charge >= 0.3 is 6.16 Å². The second-order valence-corrected chi connectivity index (χ2v) is 4.11. The molecule has 0 spiro atoms. The third kappa shape index (κ3) is 2.92. The third-order valence-corrected chi connectivity index (χ3v) is 1.92. The van der Waals surface area contributed by atoms with Crippen molar-refractivity contribution in [1.29, 1.82) is 0 Å². The Morgan fingerprint density at radius 3 is 1.79 bits per heavy atom. The van der Waals surface area contributed by atoms with E-state index < -0.39 is 6.16 Å². The maximum absolute atomic E-state index is 5.50. The molecule has 0 N–H and O–H groups in total. The van der Waals surface area contributed by atoms with E-state index in [1.54, 1.807) is 0 Å². The van der Waals surface area contributed by atoms with E-state index in [2.05, 4.69) is 13.8 Å². The molecular weight excluding hydrogens is 184 g/mol. The maximum Gasteiger partial charge on any atom is 0.412 e. The second kappa shape index (κ2) is 4.57. The molecule has 0 radical (unpaired) electrons. The molecule has 1 rings (SSSR count). The number of ether oxygens (including phenoxy) is 4. The summed E-state index contributed by atoms with van der Waals surface area (Å²) in [7, 11) is 0. The van der Waals surface area contributed by atoms with Crippen LogP contribution < -0.4 is 0 Å². The van der Waals surface area contributed by atoms with Gasteiger partial charge in [-0.3, -0.25) is 0 Å². The van der Waals surface area contributed by atoms with E-state index in [4.69, 9.17) is 18.9 Å². The summed E-state index contributed by atoms with van der Waals surface area (Å²) in [6.45, 7) is 10.1. The van der Waals surface area contributed by atoms with Gasteiger partial charge in [-0.25, -0.2) is 0 Å². The van der Waals surface area contributed by atoms with Crippen molar-refractivity contribution in [1.82, 2.24) is 0 Å². The summed E-state index contributed by atoms with van der Waals surface area (Å²) in [5.41, 5.74) is 0.0255. The molecule has 0 bridgehead atoms. The summed E-state index contributed by atoms with van der Waals surface area (Å²) in [4.78, 5) is 0. The quantitative estimate of drug-likeness (QED) is 0.654. The molecule has 0 amide bonds. The Balaban J connectivity index is 2.54. The van der Waals surface area contributed by atoms with Crippen LogP contribution in [0.1, 0.15) is 27.7 Å². The predicted molar refractivity (Wildman–Crippen MR) is 51.7 cm³/mol. The van der Waals surface area contributed by atoms with Crippen molar-refractivity contribution >= 4 is 0 Å². The molecule has 0 aromatic heterocycles. The van der Waals surface area contributed by atoms with Crippen LogP contribution in [-0.2, 0) is 18.9 Å². The molecule has 0 unspecified atom stereocenters. The van der Waals surface area contributed by atoms with Crippen LogP contribution in [0.25, 0.3) is 0 Å². The summed E-state index contributed by atoms with van der Waals surface area (Å²) in [5.74, 6) is 0. The minimum Gasteiger partial charge on any atom is -0.304 e. The fourth-order valence-corrected chi connectivity index (χ4v) is 1.21. The average Bonchev–Trinajstić information content (AvgIpc) is 2.12. The van der Waals surface area contributed by atoms with E-state index in [0.29, 0.717) is 26.4 Å². The molecule has 1 heterocycles. The first-order valence-corrected chi connectivity index (χ1v) is 5.09. The highest BCUT2D eigenvalue weighted by molar-refractivity contribution is 4.71. The van der Waals surface area contributed by atoms with Crippen LogP contribution in [0, 0.1) is 5.41 Å². The maximum atomic E-state index is 5.50. The SMILES string of the molecule is CCOC1(OCC)OCC(C)(C)CO1. The summed E-state index contributed by atoms with van der Waals surface area (Å²) < 4.78 is 21.7. The zero-order valence-corrected chi connectivity index (χ0v) is 9.46. The molecular formula is C10H20O4. The smallest absolute Gasteiger partial charge is 0.304 e. The molecule has 0 atom stereocenters. The Morgan fingerprint density at radius 1 is 1.00 bits per heavy atom. The van der Waals surface area contributed by atoms with Crippen molar-refractivity contribution in [3.63, 3.8) is 0 Å². The summed E-state index contributed by atoms with van der Waals surface area (Å²) in [6, 6.07) is 0. The molecule has 1 saturated heterocycles. The van der Waals surface area contributed by atoms with Gasteiger partial charge in [-0.15, -0.1) is 0 Å². The van der Waals surface area contributed by atoms with E-state index in [1.165, 1.54) is 0 Å². The van der Waals surface area contributed by atoms with Gasteiger partial charge in [0.15, 0.2) is 0 Å². The fraction of sp³-hybridized carbons (Fsp3) is 1.00. The zero-order chi connectivity index (χ0) is 10.7. The van der Waals surface area contributed by atoms with Crippen molar-refractivity contribution in [2.75, 3.05) is 26.4 Å². The zero-order valence-electron chi connectivity index (χ0n) is 9.46. The van der Waals surface area contributed by atoms with Gasteiger partial charge in [0.2, 0.25) is 0 Å². The van der Waals surface area contributed by atoms with Gasteiger partial charge in [-0.05, 0) is 13.8 Å². The lowest BCUT2D eigenvalue weighted by molar-refractivity contribution is -0.521. The first-order valence-electron chi connectivity index (χ1n) is 5.09. The van der Waals surface area contributed by atoms with Crippen molar-refractivity contribution in [3.8, 4) is 0 Å². The van der Waals surface area contributed by atoms with Crippen LogP contribution in [0.5, 0.6) is 0 Å². The third-order valence-electron chi connectivity index (χ3n) is 1.92. The highest BCUT2D eigenvalue weighted by Crippen LogP contribution is 2.30. The van der Waals surface area contributed by atoms with E-state index in [9.17, 15) is 0 Å². The van der Waals surface area contributed by atoms with E-state index in [0.717, 1.165) is 0 Å². The van der Waals surface area contributed by atoms with Gasteiger partial charge in [-0.1, -0.05) is 13.8 Å². The average molecular weight is 204 g/mol. The summed E-state index contributed by atoms with van der Waals surface area (Å²) >= 11 is 0. The van der Waals surface area contributed by atoms with Gasteiger partial charge < -0.3 is 18.9 Å². The van der Waals surface area contributed by atoms with Gasteiger partial charge in [0.1, 0.15) is 0 Å². The molecule has 0 aliphatic carbocycles. The predicted octanol–water partition coefficient (Wildman–Crippen LogP) is 1.74. The van der Waals surface area contributed by atoms with Crippen molar-refractivity contribution in [2.45, 2.75) is 33.9 Å². The number of hydrogen-bond acceptors (Lipinski definition) is 4. The van der Waals surface area contributed by atoms with Gasteiger partial charge in [0, 0.05) is 5.41 Å². The van der Waals surface area contributed by atoms with Crippen LogP contribution in [0.2, 0.25) is 0 Å². The Bertz CT molecular complexity index is 161. The minimum absolute atomic E-state index is 0.0255. The molecule has 4 nitrogen and oxygen atoms in total. The Labute approximate surface area is 85.5 Å². The standard InChI is InChI=1S/C10H20O4/c1-5-11-10(12-6-2)13-7-9(3,4)8-14-10/h5-8H2,1-4H3. The molecule has 1 fully saturated rings. The monoisotopic (exact) mass is 204 g/mol. The molecule has 84 valence electrons. The molecule has 0 aromatic carbocycles. The Kier molecular flexibility index (Phi) is 3.89. The number of hydrogen-bond donors (Lipinski definition) is 0. The van der Waals surface area contributed by atoms with E-state index in [-0.39, 0.29) is 5.41 Å². The first kappa shape index (κ1) is 11.9. The van der Waals surface area contributed by atoms with Crippen LogP contribution >= 0.6 is 0 Å². The van der Waals surface area contributed by atoms with Crippen molar-refractivity contribution < 1.29 is 18.9 Å². The lowest BCUT2D eigenvalue weighted by atomic mass is 9.96.